The Bertz CT molecular complexity index is 689. The van der Waals surface area contributed by atoms with E-state index in [9.17, 15) is 14.9 Å². The van der Waals surface area contributed by atoms with Crippen LogP contribution < -0.4 is 4.74 Å². The molecule has 0 spiro atoms. The topological polar surface area (TPSA) is 103 Å². The fourth-order valence-electron chi connectivity index (χ4n) is 1.41. The van der Waals surface area contributed by atoms with Crippen LogP contribution in [0.4, 0.5) is 5.69 Å². The highest BCUT2D eigenvalue weighted by atomic mass is 79.9. The van der Waals surface area contributed by atoms with Crippen molar-refractivity contribution < 1.29 is 19.6 Å². The number of nitro groups is 1. The summed E-state index contributed by atoms with van der Waals surface area (Å²) in [6, 6.07) is 7.57. The molecule has 0 unspecified atom stereocenters. The number of pyridine rings is 1. The van der Waals surface area contributed by atoms with E-state index in [0.29, 0.717) is 5.75 Å². The maximum absolute atomic E-state index is 10.9. The highest BCUT2D eigenvalue weighted by Gasteiger charge is 2.20. The second-order valence-electron chi connectivity index (χ2n) is 3.67. The van der Waals surface area contributed by atoms with Crippen molar-refractivity contribution in [2.45, 2.75) is 0 Å². The largest absolute Gasteiger partial charge is 0.478 e. The summed E-state index contributed by atoms with van der Waals surface area (Å²) in [6.07, 6.45) is 1.00. The van der Waals surface area contributed by atoms with E-state index < -0.39 is 16.6 Å². The summed E-state index contributed by atoms with van der Waals surface area (Å²) in [6.45, 7) is 0. The minimum Gasteiger partial charge on any atom is -0.478 e. The molecule has 0 aliphatic heterocycles. The monoisotopic (exact) mass is 338 g/mol. The molecule has 1 heterocycles. The molecule has 0 saturated carbocycles. The third kappa shape index (κ3) is 3.09. The summed E-state index contributed by atoms with van der Waals surface area (Å²) in [5, 5.41) is 19.7. The van der Waals surface area contributed by atoms with Gasteiger partial charge in [0.15, 0.2) is 0 Å². The van der Waals surface area contributed by atoms with E-state index in [-0.39, 0.29) is 11.4 Å². The molecule has 102 valence electrons. The van der Waals surface area contributed by atoms with Gasteiger partial charge in [-0.25, -0.2) is 9.78 Å². The van der Waals surface area contributed by atoms with Gasteiger partial charge in [-0.15, -0.1) is 0 Å². The molecule has 1 aromatic carbocycles. The minimum atomic E-state index is -1.30. The lowest BCUT2D eigenvalue weighted by molar-refractivity contribution is -0.386. The Morgan fingerprint density at radius 3 is 2.75 bits per heavy atom. The Kier molecular flexibility index (Phi) is 3.94. The van der Waals surface area contributed by atoms with Crippen molar-refractivity contribution in [3.63, 3.8) is 0 Å². The van der Waals surface area contributed by atoms with Gasteiger partial charge in [0, 0.05) is 16.7 Å². The second-order valence-corrected chi connectivity index (χ2v) is 4.59. The predicted octanol–water partition coefficient (Wildman–Crippen LogP) is 3.24. The summed E-state index contributed by atoms with van der Waals surface area (Å²) < 4.78 is 6.05. The Morgan fingerprint density at radius 2 is 2.15 bits per heavy atom. The van der Waals surface area contributed by atoms with Crippen LogP contribution in [0.15, 0.2) is 41.0 Å². The number of carboxylic acid groups (broad SMARTS) is 1. The van der Waals surface area contributed by atoms with Crippen LogP contribution in [0.5, 0.6) is 11.6 Å². The van der Waals surface area contributed by atoms with Crippen LogP contribution >= 0.6 is 15.9 Å². The van der Waals surface area contributed by atoms with Crippen molar-refractivity contribution in [3.8, 4) is 11.6 Å². The van der Waals surface area contributed by atoms with E-state index in [0.717, 1.165) is 16.7 Å². The van der Waals surface area contributed by atoms with Gasteiger partial charge in [0.25, 0.3) is 5.88 Å². The van der Waals surface area contributed by atoms with Gasteiger partial charge in [0.05, 0.1) is 10.5 Å². The molecule has 0 saturated heterocycles. The predicted molar refractivity (Wildman–Crippen MR) is 72.1 cm³/mol. The smallest absolute Gasteiger partial charge is 0.337 e. The molecular formula is C12H7BrN2O5. The Morgan fingerprint density at radius 1 is 1.40 bits per heavy atom. The molecule has 0 radical (unpaired) electrons. The number of ether oxygens (including phenoxy) is 1. The average Bonchev–Trinajstić information content (AvgIpc) is 2.38. The van der Waals surface area contributed by atoms with Crippen molar-refractivity contribution in [2.75, 3.05) is 0 Å². The minimum absolute atomic E-state index is 0.266. The first-order valence-electron chi connectivity index (χ1n) is 5.28. The zero-order valence-electron chi connectivity index (χ0n) is 9.82. The molecule has 7 nitrogen and oxygen atoms in total. The molecule has 2 rings (SSSR count). The number of carbonyl (C=O) groups is 1. The number of rotatable bonds is 4. The number of carboxylic acids is 1. The molecule has 0 amide bonds. The lowest BCUT2D eigenvalue weighted by Crippen LogP contribution is -2.02. The summed E-state index contributed by atoms with van der Waals surface area (Å²) in [4.78, 5) is 24.7. The summed E-state index contributed by atoms with van der Waals surface area (Å²) in [5.74, 6) is -1.22. The van der Waals surface area contributed by atoms with E-state index >= 15 is 0 Å². The molecule has 0 aliphatic rings. The quantitative estimate of drug-likeness (QED) is 0.678. The first kappa shape index (κ1) is 13.9. The van der Waals surface area contributed by atoms with Gasteiger partial charge in [-0.3, -0.25) is 10.1 Å². The number of aromatic nitrogens is 1. The van der Waals surface area contributed by atoms with Gasteiger partial charge in [-0.05, 0) is 18.2 Å². The molecule has 20 heavy (non-hydrogen) atoms. The van der Waals surface area contributed by atoms with Crippen LogP contribution in [-0.2, 0) is 0 Å². The average molecular weight is 339 g/mol. The maximum atomic E-state index is 10.9. The van der Waals surface area contributed by atoms with Gasteiger partial charge in [-0.1, -0.05) is 22.0 Å². The molecule has 0 atom stereocenters. The molecule has 8 heteroatoms. The van der Waals surface area contributed by atoms with Crippen LogP contribution in [-0.4, -0.2) is 21.0 Å². The van der Waals surface area contributed by atoms with Crippen LogP contribution in [0.25, 0.3) is 0 Å². The fraction of sp³-hybridized carbons (Fsp3) is 0. The fourth-order valence-corrected chi connectivity index (χ4v) is 1.79. The lowest BCUT2D eigenvalue weighted by Gasteiger charge is -2.06. The summed E-state index contributed by atoms with van der Waals surface area (Å²) in [5.41, 5.74) is -0.789. The maximum Gasteiger partial charge on any atom is 0.337 e. The van der Waals surface area contributed by atoms with Gasteiger partial charge in [0.1, 0.15) is 5.75 Å². The number of nitrogens with zero attached hydrogens (tertiary/aromatic N) is 2. The number of aromatic carboxylic acids is 1. The van der Waals surface area contributed by atoms with E-state index in [1.165, 1.54) is 0 Å². The van der Waals surface area contributed by atoms with Gasteiger partial charge < -0.3 is 9.84 Å². The van der Waals surface area contributed by atoms with E-state index in [1.54, 1.807) is 24.3 Å². The number of benzene rings is 1. The van der Waals surface area contributed by atoms with Gasteiger partial charge >= 0.3 is 11.7 Å². The molecule has 1 N–H and O–H groups in total. The third-order valence-corrected chi connectivity index (χ3v) is 2.78. The number of hydrogen-bond donors (Lipinski definition) is 1. The van der Waals surface area contributed by atoms with Gasteiger partial charge in [-0.2, -0.15) is 0 Å². The number of halogens is 1. The van der Waals surface area contributed by atoms with Crippen molar-refractivity contribution in [1.29, 1.82) is 0 Å². The SMILES string of the molecule is O=C(O)c1cnc(Oc2cccc(Br)c2)c([N+](=O)[O-])c1. The summed E-state index contributed by atoms with van der Waals surface area (Å²) in [7, 11) is 0. The van der Waals surface area contributed by atoms with Crippen molar-refractivity contribution in [1.82, 2.24) is 4.98 Å². The van der Waals surface area contributed by atoms with Crippen LogP contribution in [0, 0.1) is 10.1 Å². The zero-order chi connectivity index (χ0) is 14.7. The Hall–Kier alpha value is -2.48. The van der Waals surface area contributed by atoms with Crippen LogP contribution in [0.3, 0.4) is 0 Å². The van der Waals surface area contributed by atoms with E-state index in [4.69, 9.17) is 9.84 Å². The molecule has 0 fully saturated rings. The zero-order valence-corrected chi connectivity index (χ0v) is 11.4. The normalized spacial score (nSPS) is 10.1. The summed E-state index contributed by atoms with van der Waals surface area (Å²) >= 11 is 3.24. The molecular weight excluding hydrogens is 332 g/mol. The Balaban J connectivity index is 2.41. The third-order valence-electron chi connectivity index (χ3n) is 2.29. The lowest BCUT2D eigenvalue weighted by atomic mass is 10.2. The standard InChI is InChI=1S/C12H7BrN2O5/c13-8-2-1-3-9(5-8)20-11-10(15(18)19)4-7(6-14-11)12(16)17/h1-6H,(H,16,17). The van der Waals surface area contributed by atoms with Crippen LogP contribution in [0.1, 0.15) is 10.4 Å². The van der Waals surface area contributed by atoms with Gasteiger partial charge in [0.2, 0.25) is 0 Å². The highest BCUT2D eigenvalue weighted by molar-refractivity contribution is 9.10. The first-order valence-corrected chi connectivity index (χ1v) is 6.08. The molecule has 0 bridgehead atoms. The Labute approximate surface area is 121 Å². The molecule has 1 aromatic heterocycles. The molecule has 0 aliphatic carbocycles. The van der Waals surface area contributed by atoms with Crippen molar-refractivity contribution in [3.05, 3.63) is 56.7 Å². The highest BCUT2D eigenvalue weighted by Crippen LogP contribution is 2.30. The number of hydrogen-bond acceptors (Lipinski definition) is 5. The van der Waals surface area contributed by atoms with Crippen LogP contribution in [0.2, 0.25) is 0 Å². The second kappa shape index (κ2) is 5.66. The van der Waals surface area contributed by atoms with E-state index in [2.05, 4.69) is 20.9 Å². The molecule has 2 aromatic rings. The first-order chi connectivity index (χ1) is 9.47. The van der Waals surface area contributed by atoms with Crippen molar-refractivity contribution >= 4 is 27.6 Å². The van der Waals surface area contributed by atoms with E-state index in [1.807, 2.05) is 0 Å². The van der Waals surface area contributed by atoms with Crippen molar-refractivity contribution in [2.24, 2.45) is 0 Å².